The number of quaternary nitrogens is 1. The molecule has 11 heteroatoms. The van der Waals surface area contributed by atoms with Gasteiger partial charge in [-0.05, 0) is 51.1 Å². The Kier molecular flexibility index (Phi) is 5.60. The molecule has 0 unspecified atom stereocenters. The molecule has 0 radical (unpaired) electrons. The minimum Gasteiger partial charge on any atom is -0.298 e. The second-order valence-electron chi connectivity index (χ2n) is 7.84. The molecule has 4 heterocycles. The Bertz CT molecular complexity index is 1590. The van der Waals surface area contributed by atoms with E-state index in [-0.39, 0.29) is 10.8 Å². The molecule has 0 aliphatic carbocycles. The Morgan fingerprint density at radius 1 is 0.941 bits per heavy atom. The SMILES string of the molecule is Cc1cc(C)nc(NS(=O)(=O)c2ccc([NH2+]c3nc(-c4c(C)nc5ccccn45)cs3)cc2)n1. The van der Waals surface area contributed by atoms with Gasteiger partial charge in [0.2, 0.25) is 5.95 Å². The molecule has 34 heavy (non-hydrogen) atoms. The fraction of sp³-hybridized carbons (Fsp3) is 0.130. The number of rotatable bonds is 6. The van der Waals surface area contributed by atoms with Gasteiger partial charge in [-0.3, -0.25) is 9.72 Å². The summed E-state index contributed by atoms with van der Waals surface area (Å²) < 4.78 is 30.0. The number of aryl methyl sites for hydroxylation is 3. The van der Waals surface area contributed by atoms with Gasteiger partial charge in [0.05, 0.1) is 16.3 Å². The van der Waals surface area contributed by atoms with E-state index in [0.29, 0.717) is 11.4 Å². The van der Waals surface area contributed by atoms with Crippen molar-refractivity contribution >= 4 is 43.8 Å². The van der Waals surface area contributed by atoms with Crippen molar-refractivity contribution in [2.45, 2.75) is 25.7 Å². The van der Waals surface area contributed by atoms with Crippen molar-refractivity contribution in [1.29, 1.82) is 0 Å². The lowest BCUT2D eigenvalue weighted by molar-refractivity contribution is -0.478. The largest absolute Gasteiger partial charge is 0.298 e. The molecule has 3 N–H and O–H groups in total. The zero-order chi connectivity index (χ0) is 23.9. The Labute approximate surface area is 200 Å². The number of hydrogen-bond acceptors (Lipinski definition) is 7. The van der Waals surface area contributed by atoms with E-state index in [1.165, 1.54) is 11.3 Å². The van der Waals surface area contributed by atoms with Gasteiger partial charge in [-0.1, -0.05) is 17.4 Å². The number of aromatic nitrogens is 5. The van der Waals surface area contributed by atoms with E-state index in [1.54, 1.807) is 44.2 Å². The first-order valence-corrected chi connectivity index (χ1v) is 12.8. The second kappa shape index (κ2) is 8.60. The van der Waals surface area contributed by atoms with Crippen LogP contribution in [0.2, 0.25) is 0 Å². The Balaban J connectivity index is 1.34. The number of benzene rings is 1. The highest BCUT2D eigenvalue weighted by Crippen LogP contribution is 2.27. The van der Waals surface area contributed by atoms with Gasteiger partial charge in [0.1, 0.15) is 17.0 Å². The van der Waals surface area contributed by atoms with E-state index >= 15 is 0 Å². The maximum Gasteiger partial charge on any atom is 0.288 e. The molecule has 0 atom stereocenters. The molecule has 9 nitrogen and oxygen atoms in total. The van der Waals surface area contributed by atoms with Crippen LogP contribution in [0.15, 0.2) is 65.0 Å². The minimum atomic E-state index is -3.80. The lowest BCUT2D eigenvalue weighted by atomic mass is 10.3. The number of nitrogens with one attached hydrogen (secondary N) is 1. The highest BCUT2D eigenvalue weighted by Gasteiger charge is 2.18. The highest BCUT2D eigenvalue weighted by atomic mass is 32.2. The summed E-state index contributed by atoms with van der Waals surface area (Å²) in [7, 11) is -3.80. The standard InChI is InChI=1S/C23H21N7O2S2/c1-14-12-15(2)25-22(24-14)29-34(31,32)18-9-7-17(8-10-18)27-23-28-19(13-33-23)21-16(3)26-20-6-4-5-11-30(20)21/h4-13H,1-3H3,(H,27,28)(H,24,25,29)/p+1. The molecule has 4 aromatic heterocycles. The van der Waals surface area contributed by atoms with Gasteiger partial charge in [-0.15, -0.1) is 0 Å². The van der Waals surface area contributed by atoms with Gasteiger partial charge in [0.25, 0.3) is 15.2 Å². The van der Waals surface area contributed by atoms with Crippen LogP contribution in [0, 0.1) is 20.8 Å². The molecule has 5 rings (SSSR count). The molecular formula is C23H22N7O2S2+. The van der Waals surface area contributed by atoms with Crippen LogP contribution in [-0.2, 0) is 10.0 Å². The van der Waals surface area contributed by atoms with Crippen LogP contribution in [0.25, 0.3) is 17.0 Å². The first-order chi connectivity index (χ1) is 16.3. The van der Waals surface area contributed by atoms with Crippen LogP contribution in [0.1, 0.15) is 17.1 Å². The lowest BCUT2D eigenvalue weighted by Gasteiger charge is -2.08. The number of nitrogens with two attached hydrogens (primary N) is 1. The van der Waals surface area contributed by atoms with Crippen LogP contribution in [0.4, 0.5) is 16.8 Å². The maximum atomic E-state index is 12.7. The Morgan fingerprint density at radius 2 is 1.68 bits per heavy atom. The number of hydrogen-bond donors (Lipinski definition) is 2. The molecule has 0 fully saturated rings. The number of imidazole rings is 1. The molecule has 172 valence electrons. The molecular weight excluding hydrogens is 470 g/mol. The molecule has 5 aromatic rings. The highest BCUT2D eigenvalue weighted by molar-refractivity contribution is 7.92. The number of fused-ring (bicyclic) bond motifs is 1. The zero-order valence-electron chi connectivity index (χ0n) is 18.7. The molecule has 0 bridgehead atoms. The topological polar surface area (TPSA) is 119 Å². The summed E-state index contributed by atoms with van der Waals surface area (Å²) >= 11 is 1.52. The lowest BCUT2D eigenvalue weighted by Crippen LogP contribution is -2.70. The number of sulfonamides is 1. The number of pyridine rings is 1. The number of anilines is 1. The maximum absolute atomic E-state index is 12.7. The fourth-order valence-corrected chi connectivity index (χ4v) is 5.42. The summed E-state index contributed by atoms with van der Waals surface area (Å²) in [6.07, 6.45) is 1.98. The minimum absolute atomic E-state index is 0.0612. The predicted molar refractivity (Wildman–Crippen MR) is 131 cm³/mol. The summed E-state index contributed by atoms with van der Waals surface area (Å²) in [6, 6.07) is 14.3. The van der Waals surface area contributed by atoms with Crippen molar-refractivity contribution in [3.05, 3.63) is 77.2 Å². The van der Waals surface area contributed by atoms with E-state index in [1.807, 2.05) is 46.4 Å². The van der Waals surface area contributed by atoms with E-state index in [9.17, 15) is 8.42 Å². The van der Waals surface area contributed by atoms with Crippen molar-refractivity contribution < 1.29 is 13.7 Å². The molecule has 0 aliphatic heterocycles. The van der Waals surface area contributed by atoms with E-state index in [2.05, 4.69) is 19.7 Å². The van der Waals surface area contributed by atoms with Gasteiger partial charge in [0.15, 0.2) is 0 Å². The molecule has 0 spiro atoms. The fourth-order valence-electron chi connectivity index (χ4n) is 3.72. The zero-order valence-corrected chi connectivity index (χ0v) is 20.4. The van der Waals surface area contributed by atoms with Crippen LogP contribution in [0.5, 0.6) is 0 Å². The summed E-state index contributed by atoms with van der Waals surface area (Å²) in [5, 5.41) is 4.74. The van der Waals surface area contributed by atoms with Crippen LogP contribution in [-0.4, -0.2) is 32.8 Å². The third-order valence-corrected chi connectivity index (χ3v) is 7.29. The molecule has 0 saturated heterocycles. The van der Waals surface area contributed by atoms with Crippen molar-refractivity contribution in [2.24, 2.45) is 0 Å². The first kappa shape index (κ1) is 22.1. The Morgan fingerprint density at radius 3 is 2.41 bits per heavy atom. The molecule has 0 aliphatic rings. The predicted octanol–water partition coefficient (Wildman–Crippen LogP) is 3.50. The summed E-state index contributed by atoms with van der Waals surface area (Å²) in [4.78, 5) is 17.8. The normalized spacial score (nSPS) is 11.7. The van der Waals surface area contributed by atoms with E-state index in [4.69, 9.17) is 4.98 Å². The van der Waals surface area contributed by atoms with Crippen LogP contribution in [0.3, 0.4) is 0 Å². The summed E-state index contributed by atoms with van der Waals surface area (Å²) in [5.74, 6) is 0.0612. The van der Waals surface area contributed by atoms with Crippen LogP contribution >= 0.6 is 11.3 Å². The van der Waals surface area contributed by atoms with Crippen molar-refractivity contribution in [2.75, 3.05) is 4.72 Å². The second-order valence-corrected chi connectivity index (χ2v) is 10.4. The Hall–Kier alpha value is -3.67. The quantitative estimate of drug-likeness (QED) is 0.350. The first-order valence-electron chi connectivity index (χ1n) is 10.5. The average Bonchev–Trinajstić information content (AvgIpc) is 3.35. The van der Waals surface area contributed by atoms with Crippen molar-refractivity contribution in [3.8, 4) is 11.4 Å². The van der Waals surface area contributed by atoms with Gasteiger partial charge < -0.3 is 0 Å². The van der Waals surface area contributed by atoms with Crippen LogP contribution < -0.4 is 10.0 Å². The van der Waals surface area contributed by atoms with Gasteiger partial charge in [0, 0.05) is 35.1 Å². The third kappa shape index (κ3) is 4.40. The van der Waals surface area contributed by atoms with Crippen molar-refractivity contribution in [1.82, 2.24) is 24.3 Å². The molecule has 1 aromatic carbocycles. The monoisotopic (exact) mass is 492 g/mol. The molecule has 0 saturated carbocycles. The average molecular weight is 493 g/mol. The summed E-state index contributed by atoms with van der Waals surface area (Å²) in [5.41, 5.74) is 5.84. The van der Waals surface area contributed by atoms with Gasteiger partial charge >= 0.3 is 0 Å². The molecule has 0 amide bonds. The number of thiazole rings is 1. The van der Waals surface area contributed by atoms with Gasteiger partial charge in [-0.25, -0.2) is 28.1 Å². The third-order valence-electron chi connectivity index (χ3n) is 5.16. The van der Waals surface area contributed by atoms with Crippen molar-refractivity contribution in [3.63, 3.8) is 0 Å². The van der Waals surface area contributed by atoms with E-state index in [0.717, 1.165) is 33.5 Å². The number of nitrogens with zero attached hydrogens (tertiary/aromatic N) is 5. The van der Waals surface area contributed by atoms with E-state index < -0.39 is 10.0 Å². The smallest absolute Gasteiger partial charge is 0.288 e. The van der Waals surface area contributed by atoms with Gasteiger partial charge in [-0.2, -0.15) is 4.98 Å². The summed E-state index contributed by atoms with van der Waals surface area (Å²) in [6.45, 7) is 5.55.